The van der Waals surface area contributed by atoms with Crippen molar-refractivity contribution in [3.63, 3.8) is 0 Å². The number of ether oxygens (including phenoxy) is 1. The van der Waals surface area contributed by atoms with E-state index in [-0.39, 0.29) is 24.0 Å². The van der Waals surface area contributed by atoms with Gasteiger partial charge in [-0.15, -0.1) is 24.0 Å². The molecule has 0 spiro atoms. The summed E-state index contributed by atoms with van der Waals surface area (Å²) < 4.78 is 5.35. The third-order valence-corrected chi connectivity index (χ3v) is 3.88. The summed E-state index contributed by atoms with van der Waals surface area (Å²) in [5, 5.41) is 8.02. The number of para-hydroxylation sites is 1. The van der Waals surface area contributed by atoms with E-state index >= 15 is 0 Å². The van der Waals surface area contributed by atoms with Gasteiger partial charge < -0.3 is 20.4 Å². The van der Waals surface area contributed by atoms with Crippen LogP contribution >= 0.6 is 24.0 Å². The van der Waals surface area contributed by atoms with E-state index in [4.69, 9.17) is 4.74 Å². The zero-order valence-electron chi connectivity index (χ0n) is 15.3. The van der Waals surface area contributed by atoms with Crippen LogP contribution in [0.15, 0.2) is 35.5 Å². The molecule has 25 heavy (non-hydrogen) atoms. The Morgan fingerprint density at radius 2 is 2.00 bits per heavy atom. The Labute approximate surface area is 168 Å². The Morgan fingerprint density at radius 1 is 1.16 bits per heavy atom. The lowest BCUT2D eigenvalue weighted by molar-refractivity contribution is 0.144. The fourth-order valence-corrected chi connectivity index (χ4v) is 2.65. The van der Waals surface area contributed by atoms with Gasteiger partial charge in [-0.3, -0.25) is 4.99 Å². The van der Waals surface area contributed by atoms with Gasteiger partial charge >= 0.3 is 0 Å². The number of hydrogen-bond donors (Lipinski definition) is 3. The Kier molecular flexibility index (Phi) is 11.3. The van der Waals surface area contributed by atoms with Crippen LogP contribution in [0.4, 0.5) is 0 Å². The smallest absolute Gasteiger partial charge is 0.191 e. The van der Waals surface area contributed by atoms with Crippen molar-refractivity contribution in [1.29, 1.82) is 0 Å². The average molecular weight is 458 g/mol. The molecule has 1 aromatic carbocycles. The quantitative estimate of drug-likeness (QED) is 0.220. The minimum absolute atomic E-state index is 0. The van der Waals surface area contributed by atoms with Gasteiger partial charge in [-0.05, 0) is 44.7 Å². The first-order valence-electron chi connectivity index (χ1n) is 9.00. The number of fused-ring (bicyclic) bond motifs is 1. The van der Waals surface area contributed by atoms with Gasteiger partial charge in [0.25, 0.3) is 0 Å². The Bertz CT molecular complexity index is 627. The third kappa shape index (κ3) is 7.64. The molecule has 6 heteroatoms. The summed E-state index contributed by atoms with van der Waals surface area (Å²) in [6.07, 6.45) is 5.19. The molecule has 0 saturated carbocycles. The van der Waals surface area contributed by atoms with Gasteiger partial charge in [0, 0.05) is 49.9 Å². The highest BCUT2D eigenvalue weighted by molar-refractivity contribution is 14.0. The molecule has 0 bridgehead atoms. The molecule has 3 N–H and O–H groups in total. The summed E-state index contributed by atoms with van der Waals surface area (Å²) in [6.45, 7) is 8.31. The van der Waals surface area contributed by atoms with Crippen molar-refractivity contribution < 1.29 is 4.74 Å². The molecule has 0 aliphatic carbocycles. The normalized spacial score (nSPS) is 11.4. The largest absolute Gasteiger partial charge is 0.382 e. The van der Waals surface area contributed by atoms with E-state index < -0.39 is 0 Å². The monoisotopic (exact) mass is 458 g/mol. The summed E-state index contributed by atoms with van der Waals surface area (Å²) in [4.78, 5) is 7.95. The topological polar surface area (TPSA) is 61.4 Å². The van der Waals surface area contributed by atoms with Crippen molar-refractivity contribution in [1.82, 2.24) is 15.6 Å². The maximum Gasteiger partial charge on any atom is 0.191 e. The van der Waals surface area contributed by atoms with E-state index in [9.17, 15) is 0 Å². The van der Waals surface area contributed by atoms with E-state index in [0.717, 1.165) is 58.1 Å². The van der Waals surface area contributed by atoms with Crippen molar-refractivity contribution >= 4 is 40.8 Å². The molecular formula is C19H31IN4O. The molecule has 2 aromatic rings. The fraction of sp³-hybridized carbons (Fsp3) is 0.526. The zero-order chi connectivity index (χ0) is 17.0. The predicted octanol–water partition coefficient (Wildman–Crippen LogP) is 3.70. The molecule has 0 saturated heterocycles. The molecule has 1 aromatic heterocycles. The number of aromatic nitrogens is 1. The van der Waals surface area contributed by atoms with Gasteiger partial charge in [0.1, 0.15) is 0 Å². The summed E-state index contributed by atoms with van der Waals surface area (Å²) in [5.41, 5.74) is 2.54. The molecule has 0 unspecified atom stereocenters. The molecule has 0 fully saturated rings. The number of halogens is 1. The van der Waals surface area contributed by atoms with Crippen LogP contribution in [0.2, 0.25) is 0 Å². The van der Waals surface area contributed by atoms with E-state index in [1.807, 2.05) is 6.92 Å². The molecule has 0 atom stereocenters. The zero-order valence-corrected chi connectivity index (χ0v) is 17.6. The number of H-pyrrole nitrogens is 1. The maximum absolute atomic E-state index is 5.35. The molecule has 5 nitrogen and oxygen atoms in total. The number of aromatic amines is 1. The van der Waals surface area contributed by atoms with E-state index in [0.29, 0.717) is 0 Å². The first-order chi connectivity index (χ1) is 11.8. The minimum Gasteiger partial charge on any atom is -0.382 e. The highest BCUT2D eigenvalue weighted by atomic mass is 127. The standard InChI is InChI=1S/C19H30N4O.HI/c1-3-20-19(21-12-7-8-14-24-4-2)22-13-11-16-15-23-18-10-6-5-9-17(16)18;/h5-6,9-10,15,23H,3-4,7-8,11-14H2,1-2H3,(H2,20,21,22);1H. The summed E-state index contributed by atoms with van der Waals surface area (Å²) in [6, 6.07) is 8.42. The number of guanidine groups is 1. The van der Waals surface area contributed by atoms with Crippen LogP contribution in [0.1, 0.15) is 32.3 Å². The second-order valence-corrected chi connectivity index (χ2v) is 5.70. The molecule has 140 valence electrons. The second kappa shape index (κ2) is 13.0. The van der Waals surface area contributed by atoms with Gasteiger partial charge in [0.15, 0.2) is 5.96 Å². The van der Waals surface area contributed by atoms with E-state index in [2.05, 4.69) is 58.0 Å². The summed E-state index contributed by atoms with van der Waals surface area (Å²) >= 11 is 0. The van der Waals surface area contributed by atoms with Crippen molar-refractivity contribution in [2.24, 2.45) is 4.99 Å². The van der Waals surface area contributed by atoms with Crippen LogP contribution in [0, 0.1) is 0 Å². The van der Waals surface area contributed by atoms with Crippen molar-refractivity contribution in [3.8, 4) is 0 Å². The maximum atomic E-state index is 5.35. The van der Waals surface area contributed by atoms with Gasteiger partial charge in [-0.2, -0.15) is 0 Å². The number of aliphatic imine (C=N–C) groups is 1. The molecule has 1 heterocycles. The predicted molar refractivity (Wildman–Crippen MR) is 117 cm³/mol. The molecule has 0 aliphatic heterocycles. The lowest BCUT2D eigenvalue weighted by atomic mass is 10.1. The first kappa shape index (κ1) is 21.8. The van der Waals surface area contributed by atoms with Crippen molar-refractivity contribution in [2.75, 3.05) is 32.8 Å². The third-order valence-electron chi connectivity index (χ3n) is 3.88. The Hall–Kier alpha value is -1.28. The van der Waals surface area contributed by atoms with Crippen LogP contribution in [-0.4, -0.2) is 43.8 Å². The number of hydrogen-bond acceptors (Lipinski definition) is 2. The van der Waals surface area contributed by atoms with Crippen LogP contribution in [0.5, 0.6) is 0 Å². The fourth-order valence-electron chi connectivity index (χ4n) is 2.65. The van der Waals surface area contributed by atoms with Gasteiger partial charge in [-0.1, -0.05) is 18.2 Å². The van der Waals surface area contributed by atoms with Gasteiger partial charge in [0.05, 0.1) is 0 Å². The molecule has 0 aliphatic rings. The van der Waals surface area contributed by atoms with Gasteiger partial charge in [-0.25, -0.2) is 0 Å². The SMILES string of the molecule is CCNC(=NCCCCOCC)NCCc1c[nH]c2ccccc12.I. The van der Waals surface area contributed by atoms with Crippen LogP contribution in [0.3, 0.4) is 0 Å². The van der Waals surface area contributed by atoms with Crippen LogP contribution in [-0.2, 0) is 11.2 Å². The Morgan fingerprint density at radius 3 is 2.80 bits per heavy atom. The number of unbranched alkanes of at least 4 members (excludes halogenated alkanes) is 1. The van der Waals surface area contributed by atoms with Crippen molar-refractivity contribution in [2.45, 2.75) is 33.1 Å². The van der Waals surface area contributed by atoms with Crippen LogP contribution in [0.25, 0.3) is 10.9 Å². The minimum atomic E-state index is 0. The van der Waals surface area contributed by atoms with Crippen molar-refractivity contribution in [3.05, 3.63) is 36.0 Å². The first-order valence-corrected chi connectivity index (χ1v) is 9.00. The van der Waals surface area contributed by atoms with E-state index in [1.54, 1.807) is 0 Å². The van der Waals surface area contributed by atoms with Crippen LogP contribution < -0.4 is 10.6 Å². The lowest BCUT2D eigenvalue weighted by Crippen LogP contribution is -2.38. The van der Waals surface area contributed by atoms with Gasteiger partial charge in [0.2, 0.25) is 0 Å². The highest BCUT2D eigenvalue weighted by Gasteiger charge is 2.03. The molecular weight excluding hydrogens is 427 g/mol. The highest BCUT2D eigenvalue weighted by Crippen LogP contribution is 2.17. The summed E-state index contributed by atoms with van der Waals surface area (Å²) in [7, 11) is 0. The lowest BCUT2D eigenvalue weighted by Gasteiger charge is -2.11. The number of benzene rings is 1. The average Bonchev–Trinajstić information content (AvgIpc) is 3.01. The summed E-state index contributed by atoms with van der Waals surface area (Å²) in [5.74, 6) is 0.897. The Balaban J connectivity index is 0.00000312. The van der Waals surface area contributed by atoms with E-state index in [1.165, 1.54) is 16.5 Å². The molecule has 0 amide bonds. The number of nitrogens with one attached hydrogen (secondary N) is 3. The second-order valence-electron chi connectivity index (χ2n) is 5.70. The number of nitrogens with zero attached hydrogens (tertiary/aromatic N) is 1. The number of rotatable bonds is 10. The molecule has 0 radical (unpaired) electrons. The molecule has 2 rings (SSSR count).